The second-order valence-corrected chi connectivity index (χ2v) is 7.59. The van der Waals surface area contributed by atoms with Gasteiger partial charge in [0, 0.05) is 41.6 Å². The first-order valence-corrected chi connectivity index (χ1v) is 10.8. The molecular formula is C25H22N4O5. The van der Waals surface area contributed by atoms with Crippen LogP contribution in [0.4, 0.5) is 11.7 Å². The summed E-state index contributed by atoms with van der Waals surface area (Å²) >= 11 is 0. The number of oxazole rings is 1. The molecule has 0 atom stereocenters. The predicted octanol–water partition coefficient (Wildman–Crippen LogP) is 5.81. The van der Waals surface area contributed by atoms with Gasteiger partial charge in [0.15, 0.2) is 5.76 Å². The fourth-order valence-electron chi connectivity index (χ4n) is 3.55. The molecule has 0 aliphatic carbocycles. The minimum absolute atomic E-state index is 0.0534. The fourth-order valence-corrected chi connectivity index (χ4v) is 3.55. The zero-order valence-corrected chi connectivity index (χ0v) is 18.4. The normalized spacial score (nSPS) is 10.7. The van der Waals surface area contributed by atoms with Crippen LogP contribution in [0.2, 0.25) is 0 Å². The molecule has 4 rings (SSSR count). The molecule has 4 aromatic rings. The van der Waals surface area contributed by atoms with Gasteiger partial charge in [0.25, 0.3) is 5.69 Å². The molecule has 0 spiro atoms. The summed E-state index contributed by atoms with van der Waals surface area (Å²) in [5.74, 6) is -0.0713. The lowest BCUT2D eigenvalue weighted by molar-refractivity contribution is -0.384. The average Bonchev–Trinajstić information content (AvgIpc) is 3.26. The molecule has 0 aliphatic rings. The second kappa shape index (κ2) is 9.95. The molecule has 1 amide bonds. The molecule has 172 valence electrons. The number of carbonyl (C=O) groups excluding carboxylic acids is 1. The first-order valence-electron chi connectivity index (χ1n) is 10.8. The zero-order chi connectivity index (χ0) is 24.1. The summed E-state index contributed by atoms with van der Waals surface area (Å²) < 4.78 is 6.01. The van der Waals surface area contributed by atoms with Gasteiger partial charge in [-0.15, -0.1) is 0 Å². The highest BCUT2D eigenvalue weighted by atomic mass is 16.6. The topological polar surface area (TPSA) is 131 Å². The number of phenols is 1. The van der Waals surface area contributed by atoms with Gasteiger partial charge >= 0.3 is 6.01 Å². The Balaban J connectivity index is 1.83. The van der Waals surface area contributed by atoms with Gasteiger partial charge < -0.3 is 9.52 Å². The summed E-state index contributed by atoms with van der Waals surface area (Å²) in [7, 11) is 0. The molecule has 0 saturated carbocycles. The van der Waals surface area contributed by atoms with Crippen LogP contribution in [0.15, 0.2) is 71.4 Å². The molecule has 34 heavy (non-hydrogen) atoms. The van der Waals surface area contributed by atoms with Crippen molar-refractivity contribution in [2.24, 2.45) is 0 Å². The Labute approximate surface area is 195 Å². The van der Waals surface area contributed by atoms with Crippen LogP contribution in [0.5, 0.6) is 5.75 Å². The van der Waals surface area contributed by atoms with Crippen molar-refractivity contribution < 1.29 is 19.2 Å². The number of hydrogen-bond donors (Lipinski definition) is 2. The predicted molar refractivity (Wildman–Crippen MR) is 127 cm³/mol. The van der Waals surface area contributed by atoms with Gasteiger partial charge in [-0.2, -0.15) is 4.98 Å². The van der Waals surface area contributed by atoms with Crippen molar-refractivity contribution in [2.75, 3.05) is 5.32 Å². The van der Waals surface area contributed by atoms with Gasteiger partial charge in [-0.25, -0.2) is 0 Å². The van der Waals surface area contributed by atoms with Gasteiger partial charge in [-0.05, 0) is 30.2 Å². The van der Waals surface area contributed by atoms with E-state index in [1.54, 1.807) is 42.7 Å². The molecule has 9 heteroatoms. The number of carbonyl (C=O) groups is 1. The number of nitrogens with zero attached hydrogens (tertiary/aromatic N) is 3. The maximum absolute atomic E-state index is 12.3. The lowest BCUT2D eigenvalue weighted by Crippen LogP contribution is -2.11. The van der Waals surface area contributed by atoms with E-state index in [4.69, 9.17) is 4.42 Å². The molecule has 9 nitrogen and oxygen atoms in total. The number of anilines is 1. The van der Waals surface area contributed by atoms with Crippen molar-refractivity contribution in [1.82, 2.24) is 9.97 Å². The SMILES string of the molecule is CCCCC(=O)Nc1nc(-c2cccnc2)c(-c2ccccc2-c2ccc([N+](=O)[O-])cc2O)o1. The summed E-state index contributed by atoms with van der Waals surface area (Å²) in [5, 5.41) is 24.3. The van der Waals surface area contributed by atoms with Crippen LogP contribution in [0.25, 0.3) is 33.7 Å². The summed E-state index contributed by atoms with van der Waals surface area (Å²) in [6, 6.07) is 14.7. The largest absolute Gasteiger partial charge is 0.507 e. The number of aromatic nitrogens is 2. The molecule has 0 fully saturated rings. The Hall–Kier alpha value is -4.53. The van der Waals surface area contributed by atoms with Crippen molar-refractivity contribution in [3.8, 4) is 39.5 Å². The molecule has 2 aromatic carbocycles. The second-order valence-electron chi connectivity index (χ2n) is 7.59. The van der Waals surface area contributed by atoms with Crippen LogP contribution >= 0.6 is 0 Å². The van der Waals surface area contributed by atoms with E-state index in [-0.39, 0.29) is 23.4 Å². The van der Waals surface area contributed by atoms with Crippen molar-refractivity contribution in [3.63, 3.8) is 0 Å². The number of hydrogen-bond acceptors (Lipinski definition) is 7. The molecule has 2 heterocycles. The fraction of sp³-hybridized carbons (Fsp3) is 0.160. The third-order valence-electron chi connectivity index (χ3n) is 5.22. The van der Waals surface area contributed by atoms with Crippen LogP contribution in [0, 0.1) is 10.1 Å². The van der Waals surface area contributed by atoms with Crippen LogP contribution in [0.1, 0.15) is 26.2 Å². The Morgan fingerprint density at radius 1 is 1.12 bits per heavy atom. The standard InChI is InChI=1S/C25H22N4O5/c1-2-3-10-22(31)27-25-28-23(16-7-6-13-26-15-16)24(34-25)20-9-5-4-8-18(20)19-12-11-17(29(32)33)14-21(19)30/h4-9,11-15,30H,2-3,10H2,1H3,(H,27,28,31). The number of rotatable bonds is 8. The van der Waals surface area contributed by atoms with E-state index < -0.39 is 4.92 Å². The van der Waals surface area contributed by atoms with Crippen LogP contribution < -0.4 is 5.32 Å². The van der Waals surface area contributed by atoms with Crippen molar-refractivity contribution in [1.29, 1.82) is 0 Å². The molecule has 0 unspecified atom stereocenters. The van der Waals surface area contributed by atoms with Gasteiger partial charge in [0.2, 0.25) is 5.91 Å². The number of nitrogens with one attached hydrogen (secondary N) is 1. The quantitative estimate of drug-likeness (QED) is 0.251. The van der Waals surface area contributed by atoms with E-state index >= 15 is 0 Å². The monoisotopic (exact) mass is 458 g/mol. The van der Waals surface area contributed by atoms with Gasteiger partial charge in [0.1, 0.15) is 11.4 Å². The van der Waals surface area contributed by atoms with Crippen molar-refractivity contribution in [3.05, 3.63) is 77.1 Å². The minimum atomic E-state index is -0.570. The number of nitro benzene ring substituents is 1. The Kier molecular flexibility index (Phi) is 6.63. The summed E-state index contributed by atoms with van der Waals surface area (Å²) in [6.07, 6.45) is 5.26. The number of pyridine rings is 1. The van der Waals surface area contributed by atoms with Crippen molar-refractivity contribution in [2.45, 2.75) is 26.2 Å². The average molecular weight is 458 g/mol. The summed E-state index contributed by atoms with van der Waals surface area (Å²) in [4.78, 5) is 31.4. The maximum Gasteiger partial charge on any atom is 0.302 e. The molecule has 0 saturated heterocycles. The van der Waals surface area contributed by atoms with Gasteiger partial charge in [-0.3, -0.25) is 25.2 Å². The summed E-state index contributed by atoms with van der Waals surface area (Å²) in [6.45, 7) is 2.00. The Morgan fingerprint density at radius 3 is 2.59 bits per heavy atom. The molecule has 0 bridgehead atoms. The zero-order valence-electron chi connectivity index (χ0n) is 18.4. The van der Waals surface area contributed by atoms with Gasteiger partial charge in [0.05, 0.1) is 11.0 Å². The van der Waals surface area contributed by atoms with Crippen LogP contribution in [0.3, 0.4) is 0 Å². The smallest absolute Gasteiger partial charge is 0.302 e. The maximum atomic E-state index is 12.3. The number of unbranched alkanes of at least 4 members (excludes halogenated alkanes) is 1. The number of phenolic OH excluding ortho intramolecular Hbond substituents is 1. The Morgan fingerprint density at radius 2 is 1.91 bits per heavy atom. The van der Waals surface area contributed by atoms with Crippen molar-refractivity contribution >= 4 is 17.6 Å². The van der Waals surface area contributed by atoms with E-state index in [9.17, 15) is 20.0 Å². The highest BCUT2D eigenvalue weighted by Gasteiger charge is 2.22. The number of amides is 1. The summed E-state index contributed by atoms with van der Waals surface area (Å²) in [5.41, 5.74) is 2.49. The van der Waals surface area contributed by atoms with E-state index in [0.29, 0.717) is 40.1 Å². The molecule has 0 aliphatic heterocycles. The lowest BCUT2D eigenvalue weighted by atomic mass is 9.95. The molecule has 2 aromatic heterocycles. The highest BCUT2D eigenvalue weighted by molar-refractivity contribution is 5.92. The number of aromatic hydroxyl groups is 1. The number of nitro groups is 1. The molecule has 2 N–H and O–H groups in total. The molecule has 0 radical (unpaired) electrons. The van der Waals surface area contributed by atoms with E-state index in [2.05, 4.69) is 15.3 Å². The van der Waals surface area contributed by atoms with E-state index in [1.165, 1.54) is 12.1 Å². The molecular weight excluding hydrogens is 436 g/mol. The van der Waals surface area contributed by atoms with Crippen LogP contribution in [-0.4, -0.2) is 25.9 Å². The number of benzene rings is 2. The Bertz CT molecular complexity index is 1330. The van der Waals surface area contributed by atoms with E-state index in [1.807, 2.05) is 13.0 Å². The first kappa shape index (κ1) is 22.7. The third-order valence-corrected chi connectivity index (χ3v) is 5.22. The minimum Gasteiger partial charge on any atom is -0.507 e. The highest BCUT2D eigenvalue weighted by Crippen LogP contribution is 2.42. The van der Waals surface area contributed by atoms with E-state index in [0.717, 1.165) is 18.9 Å². The van der Waals surface area contributed by atoms with Gasteiger partial charge in [-0.1, -0.05) is 37.6 Å². The lowest BCUT2D eigenvalue weighted by Gasteiger charge is -2.10. The number of non-ortho nitro benzene ring substituents is 1. The van der Waals surface area contributed by atoms with Crippen LogP contribution in [-0.2, 0) is 4.79 Å². The third kappa shape index (κ3) is 4.78. The first-order chi connectivity index (χ1) is 16.5.